The molecule has 3 atom stereocenters. The molecule has 3 unspecified atom stereocenters. The minimum Gasteiger partial charge on any atom is -0.444 e. The molecule has 4 aromatic carbocycles. The topological polar surface area (TPSA) is 53.6 Å². The largest absolute Gasteiger partial charge is 0.444 e. The maximum atomic E-state index is 12.0. The number of nitrogens with one attached hydrogen (secondary N) is 2. The fourth-order valence-corrected chi connectivity index (χ4v) is 6.63. The Morgan fingerprint density at radius 2 is 1.12 bits per heavy atom. The van der Waals surface area contributed by atoms with E-state index in [1.165, 1.54) is 29.5 Å². The summed E-state index contributed by atoms with van der Waals surface area (Å²) in [4.78, 5) is 13.8. The maximum Gasteiger partial charge on any atom is 0.410 e. The lowest BCUT2D eigenvalue weighted by molar-refractivity contribution is 0.0292. The fourth-order valence-electron chi connectivity index (χ4n) is 6.38. The number of nitrogens with zero attached hydrogens (tertiary/aromatic N) is 1. The minimum atomic E-state index is -0.435. The van der Waals surface area contributed by atoms with Crippen LogP contribution in [0.1, 0.15) is 85.6 Å². The molecule has 262 valence electrons. The van der Waals surface area contributed by atoms with Crippen molar-refractivity contribution in [3.63, 3.8) is 0 Å². The molecule has 3 aliphatic heterocycles. The number of amides is 1. The molecule has 50 heavy (non-hydrogen) atoms. The molecule has 3 aliphatic rings. The van der Waals surface area contributed by atoms with E-state index in [2.05, 4.69) is 58.9 Å². The van der Waals surface area contributed by atoms with E-state index in [-0.39, 0.29) is 6.09 Å². The first-order chi connectivity index (χ1) is 24.1. The van der Waals surface area contributed by atoms with Crippen molar-refractivity contribution >= 4 is 29.3 Å². The lowest BCUT2D eigenvalue weighted by Gasteiger charge is -2.24. The summed E-state index contributed by atoms with van der Waals surface area (Å²) in [6, 6.07) is 34.8. The number of carbonyl (C=O) groups excluding carboxylic acids is 1. The van der Waals surface area contributed by atoms with Gasteiger partial charge < -0.3 is 20.3 Å². The predicted octanol–water partition coefficient (Wildman–Crippen LogP) is 9.64. The molecule has 0 spiro atoms. The Morgan fingerprint density at radius 3 is 1.58 bits per heavy atom. The standard InChI is InChI=1S/C18H17N.C15H20ClNO2.C10H12ClN/c1-2-4-15(5-3-1)6-7-16-8-10-17(11-9-16)18-12-13-19-14-18;1-15(2,3)19-14(18)17-9-8-12(10-17)11-4-6-13(16)7-5-11;11-10-3-1-8(2-4-10)9-5-6-12-7-9/h1-5,8-11,18-19H,12-14H2;4-7,12H,8-10H2,1-3H3;1-4,9,12H,5-7H2. The molecule has 0 radical (unpaired) electrons. The molecule has 2 N–H and O–H groups in total. The van der Waals surface area contributed by atoms with E-state index >= 15 is 0 Å². The van der Waals surface area contributed by atoms with Gasteiger partial charge in [0, 0.05) is 53.3 Å². The first-order valence-electron chi connectivity index (χ1n) is 17.7. The van der Waals surface area contributed by atoms with Crippen LogP contribution in [0.25, 0.3) is 0 Å². The minimum absolute atomic E-state index is 0.219. The van der Waals surface area contributed by atoms with E-state index in [4.69, 9.17) is 27.9 Å². The van der Waals surface area contributed by atoms with Crippen molar-refractivity contribution in [3.05, 3.63) is 141 Å². The van der Waals surface area contributed by atoms with Crippen LogP contribution in [0.3, 0.4) is 0 Å². The number of ether oxygens (including phenoxy) is 1. The van der Waals surface area contributed by atoms with Gasteiger partial charge in [-0.2, -0.15) is 0 Å². The zero-order chi connectivity index (χ0) is 35.3. The summed E-state index contributed by atoms with van der Waals surface area (Å²) in [6.45, 7) is 11.6. The smallest absolute Gasteiger partial charge is 0.410 e. The van der Waals surface area contributed by atoms with Crippen LogP contribution < -0.4 is 10.6 Å². The number of rotatable bonds is 3. The molecule has 1 amide bonds. The molecule has 0 saturated carbocycles. The molecule has 3 heterocycles. The van der Waals surface area contributed by atoms with E-state index in [0.29, 0.717) is 17.8 Å². The molecule has 7 heteroatoms. The Hall–Kier alpha value is -3.79. The Balaban J connectivity index is 0.000000150. The van der Waals surface area contributed by atoms with Gasteiger partial charge in [0.2, 0.25) is 0 Å². The third-order valence-electron chi connectivity index (χ3n) is 9.15. The van der Waals surface area contributed by atoms with Crippen molar-refractivity contribution in [2.45, 2.75) is 63.4 Å². The first-order valence-corrected chi connectivity index (χ1v) is 18.5. The quantitative estimate of drug-likeness (QED) is 0.208. The highest BCUT2D eigenvalue weighted by Gasteiger charge is 2.30. The molecular formula is C43H49Cl2N3O2. The number of carbonyl (C=O) groups is 1. The van der Waals surface area contributed by atoms with Crippen LogP contribution in [-0.2, 0) is 4.74 Å². The summed E-state index contributed by atoms with van der Waals surface area (Å²) in [5.74, 6) is 8.15. The summed E-state index contributed by atoms with van der Waals surface area (Å²) in [5.41, 5.74) is 5.77. The summed E-state index contributed by atoms with van der Waals surface area (Å²) >= 11 is 11.7. The van der Waals surface area contributed by atoms with Gasteiger partial charge in [-0.1, -0.05) is 89.6 Å². The van der Waals surface area contributed by atoms with Gasteiger partial charge in [-0.05, 0) is 130 Å². The van der Waals surface area contributed by atoms with E-state index in [0.717, 1.165) is 66.9 Å². The highest BCUT2D eigenvalue weighted by molar-refractivity contribution is 6.30. The summed E-state index contributed by atoms with van der Waals surface area (Å²) < 4.78 is 5.39. The van der Waals surface area contributed by atoms with Crippen molar-refractivity contribution in [1.82, 2.24) is 15.5 Å². The monoisotopic (exact) mass is 709 g/mol. The van der Waals surface area contributed by atoms with Gasteiger partial charge in [-0.25, -0.2) is 4.79 Å². The van der Waals surface area contributed by atoms with Gasteiger partial charge in [0.15, 0.2) is 0 Å². The third kappa shape index (κ3) is 11.9. The zero-order valence-corrected chi connectivity index (χ0v) is 30.9. The second-order valence-electron chi connectivity index (χ2n) is 14.1. The number of hydrogen-bond acceptors (Lipinski definition) is 4. The van der Waals surface area contributed by atoms with Gasteiger partial charge in [-0.15, -0.1) is 0 Å². The number of hydrogen-bond donors (Lipinski definition) is 2. The van der Waals surface area contributed by atoms with Crippen molar-refractivity contribution in [1.29, 1.82) is 0 Å². The second-order valence-corrected chi connectivity index (χ2v) is 15.0. The van der Waals surface area contributed by atoms with Crippen LogP contribution >= 0.6 is 23.2 Å². The Bertz CT molecular complexity index is 1680. The maximum absolute atomic E-state index is 12.0. The lowest BCUT2D eigenvalue weighted by Crippen LogP contribution is -2.35. The van der Waals surface area contributed by atoms with Crippen LogP contribution in [0.2, 0.25) is 10.0 Å². The van der Waals surface area contributed by atoms with Crippen molar-refractivity contribution < 1.29 is 9.53 Å². The lowest BCUT2D eigenvalue weighted by atomic mass is 9.97. The average Bonchev–Trinajstić information content (AvgIpc) is 3.93. The van der Waals surface area contributed by atoms with Crippen LogP contribution in [-0.4, -0.2) is 55.9 Å². The van der Waals surface area contributed by atoms with Gasteiger partial charge in [0.1, 0.15) is 5.60 Å². The van der Waals surface area contributed by atoms with E-state index in [1.807, 2.05) is 87.5 Å². The van der Waals surface area contributed by atoms with E-state index < -0.39 is 5.60 Å². The van der Waals surface area contributed by atoms with Crippen LogP contribution in [0, 0.1) is 11.8 Å². The molecular weight excluding hydrogens is 661 g/mol. The van der Waals surface area contributed by atoms with Crippen LogP contribution in [0.4, 0.5) is 4.79 Å². The molecule has 4 aromatic rings. The average molecular weight is 711 g/mol. The van der Waals surface area contributed by atoms with Crippen molar-refractivity contribution in [2.24, 2.45) is 0 Å². The molecule has 0 aromatic heterocycles. The highest BCUT2D eigenvalue weighted by atomic mass is 35.5. The SMILES string of the molecule is C(#Cc1ccc(C2CCNC2)cc1)c1ccccc1.CC(C)(C)OC(=O)N1CCC(c2ccc(Cl)cc2)C1.Clc1ccc(C2CCNC2)cc1. The van der Waals surface area contributed by atoms with Gasteiger partial charge in [0.05, 0.1) is 0 Å². The van der Waals surface area contributed by atoms with Gasteiger partial charge >= 0.3 is 6.09 Å². The highest BCUT2D eigenvalue weighted by Crippen LogP contribution is 2.29. The fraction of sp³-hybridized carbons (Fsp3) is 0.372. The summed E-state index contributed by atoms with van der Waals surface area (Å²) in [7, 11) is 0. The van der Waals surface area contributed by atoms with Gasteiger partial charge in [-0.3, -0.25) is 0 Å². The number of benzene rings is 4. The van der Waals surface area contributed by atoms with E-state index in [1.54, 1.807) is 4.90 Å². The van der Waals surface area contributed by atoms with Gasteiger partial charge in [0.25, 0.3) is 0 Å². The number of likely N-dealkylation sites (tertiary alicyclic amines) is 1. The summed E-state index contributed by atoms with van der Waals surface area (Å²) in [5, 5.41) is 8.32. The van der Waals surface area contributed by atoms with Crippen LogP contribution in [0.5, 0.6) is 0 Å². The zero-order valence-electron chi connectivity index (χ0n) is 29.4. The molecule has 5 nitrogen and oxygen atoms in total. The van der Waals surface area contributed by atoms with Crippen LogP contribution in [0.15, 0.2) is 103 Å². The second kappa shape index (κ2) is 18.4. The third-order valence-corrected chi connectivity index (χ3v) is 9.65. The van der Waals surface area contributed by atoms with Crippen molar-refractivity contribution in [2.75, 3.05) is 39.3 Å². The Kier molecular flexibility index (Phi) is 13.8. The predicted molar refractivity (Wildman–Crippen MR) is 207 cm³/mol. The molecule has 7 rings (SSSR count). The normalized spacial score (nSPS) is 19.7. The van der Waals surface area contributed by atoms with Crippen molar-refractivity contribution in [3.8, 4) is 11.8 Å². The number of halogens is 2. The van der Waals surface area contributed by atoms with E-state index in [9.17, 15) is 4.79 Å². The molecule has 3 fully saturated rings. The Labute approximate surface area is 308 Å². The summed E-state index contributed by atoms with van der Waals surface area (Å²) in [6.07, 6.45) is 3.25. The Morgan fingerprint density at radius 1 is 0.660 bits per heavy atom. The molecule has 3 saturated heterocycles. The molecule has 0 aliphatic carbocycles. The molecule has 0 bridgehead atoms. The first kappa shape index (κ1) is 37.5.